The van der Waals surface area contributed by atoms with Gasteiger partial charge in [0, 0.05) is 29.6 Å². The van der Waals surface area contributed by atoms with E-state index in [1.54, 1.807) is 42.6 Å². The summed E-state index contributed by atoms with van der Waals surface area (Å²) in [6.07, 6.45) is 0.162. The highest BCUT2D eigenvalue weighted by Gasteiger charge is 2.09. The molecule has 1 heterocycles. The van der Waals surface area contributed by atoms with Gasteiger partial charge in [-0.25, -0.2) is 4.79 Å². The van der Waals surface area contributed by atoms with E-state index in [0.717, 1.165) is 0 Å². The van der Waals surface area contributed by atoms with Crippen LogP contribution in [-0.4, -0.2) is 30.9 Å². The summed E-state index contributed by atoms with van der Waals surface area (Å²) in [4.78, 5) is 35.1. The zero-order valence-corrected chi connectivity index (χ0v) is 14.0. The number of thiophene rings is 1. The summed E-state index contributed by atoms with van der Waals surface area (Å²) < 4.78 is 4.89. The quantitative estimate of drug-likeness (QED) is 0.755. The van der Waals surface area contributed by atoms with E-state index in [1.165, 1.54) is 11.3 Å². The monoisotopic (exact) mass is 346 g/mol. The zero-order chi connectivity index (χ0) is 17.4. The van der Waals surface area contributed by atoms with E-state index in [9.17, 15) is 14.4 Å². The van der Waals surface area contributed by atoms with Gasteiger partial charge in [-0.1, -0.05) is 0 Å². The average Bonchev–Trinajstić information content (AvgIpc) is 3.10. The van der Waals surface area contributed by atoms with Gasteiger partial charge in [0.05, 0.1) is 12.2 Å². The first-order chi connectivity index (χ1) is 11.6. The molecule has 1 aromatic carbocycles. The maximum Gasteiger partial charge on any atom is 0.338 e. The molecule has 0 spiro atoms. The van der Waals surface area contributed by atoms with Gasteiger partial charge >= 0.3 is 5.97 Å². The zero-order valence-electron chi connectivity index (χ0n) is 13.2. The molecule has 2 rings (SSSR count). The first-order valence-corrected chi connectivity index (χ1v) is 8.42. The molecule has 6 nitrogen and oxygen atoms in total. The Morgan fingerprint density at radius 1 is 1.08 bits per heavy atom. The molecule has 1 aromatic heterocycles. The van der Waals surface area contributed by atoms with Crippen LogP contribution in [-0.2, 0) is 9.53 Å². The van der Waals surface area contributed by atoms with Crippen molar-refractivity contribution in [1.82, 2.24) is 5.32 Å². The van der Waals surface area contributed by atoms with Crippen molar-refractivity contribution in [2.45, 2.75) is 13.3 Å². The van der Waals surface area contributed by atoms with Gasteiger partial charge in [0.15, 0.2) is 0 Å². The molecular weight excluding hydrogens is 328 g/mol. The Bertz CT molecular complexity index is 696. The van der Waals surface area contributed by atoms with E-state index in [2.05, 4.69) is 10.6 Å². The number of hydrogen-bond acceptors (Lipinski definition) is 5. The largest absolute Gasteiger partial charge is 0.462 e. The highest BCUT2D eigenvalue weighted by atomic mass is 32.1. The van der Waals surface area contributed by atoms with Crippen LogP contribution in [0.15, 0.2) is 41.1 Å². The molecule has 0 bridgehead atoms. The highest BCUT2D eigenvalue weighted by Crippen LogP contribution is 2.11. The number of anilines is 1. The molecule has 2 N–H and O–H groups in total. The van der Waals surface area contributed by atoms with Crippen molar-refractivity contribution in [3.05, 3.63) is 52.2 Å². The minimum Gasteiger partial charge on any atom is -0.462 e. The third kappa shape index (κ3) is 5.20. The van der Waals surface area contributed by atoms with Crippen molar-refractivity contribution in [3.63, 3.8) is 0 Å². The SMILES string of the molecule is CCOC(=O)c1ccc(NC(=O)CCNC(=O)c2ccsc2)cc1. The molecule has 0 aliphatic carbocycles. The van der Waals surface area contributed by atoms with Crippen molar-refractivity contribution < 1.29 is 19.1 Å². The van der Waals surface area contributed by atoms with Crippen LogP contribution in [0.1, 0.15) is 34.1 Å². The summed E-state index contributed by atoms with van der Waals surface area (Å²) in [6, 6.07) is 8.17. The summed E-state index contributed by atoms with van der Waals surface area (Å²) in [7, 11) is 0. The van der Waals surface area contributed by atoms with Crippen molar-refractivity contribution in [2.24, 2.45) is 0 Å². The molecular formula is C17H18N2O4S. The van der Waals surface area contributed by atoms with E-state index in [1.807, 2.05) is 5.38 Å². The van der Waals surface area contributed by atoms with Gasteiger partial charge in [0.25, 0.3) is 5.91 Å². The van der Waals surface area contributed by atoms with Crippen molar-refractivity contribution >= 4 is 34.8 Å². The fourth-order valence-corrected chi connectivity index (χ4v) is 2.55. The standard InChI is InChI=1S/C17H18N2O4S/c1-2-23-17(22)12-3-5-14(6-4-12)19-15(20)7-9-18-16(21)13-8-10-24-11-13/h3-6,8,10-11H,2,7,9H2,1H3,(H,18,21)(H,19,20). The second-order valence-electron chi connectivity index (χ2n) is 4.86. The first-order valence-electron chi connectivity index (χ1n) is 7.47. The van der Waals surface area contributed by atoms with Crippen LogP contribution in [0.2, 0.25) is 0 Å². The molecule has 0 unspecified atom stereocenters. The van der Waals surface area contributed by atoms with Crippen LogP contribution < -0.4 is 10.6 Å². The number of amides is 2. The van der Waals surface area contributed by atoms with E-state index in [0.29, 0.717) is 23.4 Å². The average molecular weight is 346 g/mol. The lowest BCUT2D eigenvalue weighted by Gasteiger charge is -2.07. The number of esters is 1. The second-order valence-corrected chi connectivity index (χ2v) is 5.64. The maximum atomic E-state index is 11.8. The third-order valence-corrected chi connectivity index (χ3v) is 3.78. The lowest BCUT2D eigenvalue weighted by Crippen LogP contribution is -2.27. The minimum atomic E-state index is -0.397. The van der Waals surface area contributed by atoms with E-state index in [4.69, 9.17) is 4.74 Å². The Hall–Kier alpha value is -2.67. The fraction of sp³-hybridized carbons (Fsp3) is 0.235. The number of hydrogen-bond donors (Lipinski definition) is 2. The Balaban J connectivity index is 1.76. The summed E-state index contributed by atoms with van der Waals surface area (Å²) >= 11 is 1.44. The lowest BCUT2D eigenvalue weighted by molar-refractivity contribution is -0.116. The Kier molecular flexibility index (Phi) is 6.51. The van der Waals surface area contributed by atoms with Crippen LogP contribution in [0.5, 0.6) is 0 Å². The number of benzene rings is 1. The first kappa shape index (κ1) is 17.7. The number of ether oxygens (including phenoxy) is 1. The molecule has 24 heavy (non-hydrogen) atoms. The van der Waals surface area contributed by atoms with Crippen LogP contribution in [0.4, 0.5) is 5.69 Å². The predicted octanol–water partition coefficient (Wildman–Crippen LogP) is 2.68. The number of carbonyl (C=O) groups excluding carboxylic acids is 3. The van der Waals surface area contributed by atoms with Crippen molar-refractivity contribution in [2.75, 3.05) is 18.5 Å². The molecule has 0 radical (unpaired) electrons. The molecule has 0 fully saturated rings. The molecule has 2 amide bonds. The highest BCUT2D eigenvalue weighted by molar-refractivity contribution is 7.08. The number of carbonyl (C=O) groups is 3. The molecule has 0 aliphatic heterocycles. The van der Waals surface area contributed by atoms with Crippen LogP contribution in [0.3, 0.4) is 0 Å². The van der Waals surface area contributed by atoms with Gasteiger partial charge in [0.1, 0.15) is 0 Å². The lowest BCUT2D eigenvalue weighted by atomic mass is 10.2. The van der Waals surface area contributed by atoms with Crippen molar-refractivity contribution in [3.8, 4) is 0 Å². The van der Waals surface area contributed by atoms with Crippen LogP contribution in [0, 0.1) is 0 Å². The van der Waals surface area contributed by atoms with Gasteiger partial charge in [-0.2, -0.15) is 11.3 Å². The smallest absolute Gasteiger partial charge is 0.338 e. The van der Waals surface area contributed by atoms with E-state index in [-0.39, 0.29) is 24.8 Å². The van der Waals surface area contributed by atoms with Gasteiger partial charge in [-0.05, 0) is 42.6 Å². The van der Waals surface area contributed by atoms with Gasteiger partial charge in [-0.15, -0.1) is 0 Å². The van der Waals surface area contributed by atoms with Gasteiger partial charge in [0.2, 0.25) is 5.91 Å². The van der Waals surface area contributed by atoms with Crippen LogP contribution in [0.25, 0.3) is 0 Å². The Labute approximate surface area is 143 Å². The summed E-state index contributed by atoms with van der Waals surface area (Å²) in [5.74, 6) is -0.807. The molecule has 7 heteroatoms. The van der Waals surface area contributed by atoms with E-state index >= 15 is 0 Å². The molecule has 126 valence electrons. The molecule has 0 saturated carbocycles. The number of nitrogens with one attached hydrogen (secondary N) is 2. The summed E-state index contributed by atoms with van der Waals surface area (Å²) in [5.41, 5.74) is 1.60. The fourth-order valence-electron chi connectivity index (χ4n) is 1.91. The number of rotatable bonds is 7. The molecule has 0 atom stereocenters. The predicted molar refractivity (Wildman–Crippen MR) is 92.3 cm³/mol. The maximum absolute atomic E-state index is 11.8. The topological polar surface area (TPSA) is 84.5 Å². The summed E-state index contributed by atoms with van der Waals surface area (Å²) in [5, 5.41) is 8.97. The molecule has 0 aliphatic rings. The Morgan fingerprint density at radius 2 is 1.83 bits per heavy atom. The minimum absolute atomic E-state index is 0.162. The third-order valence-electron chi connectivity index (χ3n) is 3.10. The van der Waals surface area contributed by atoms with E-state index < -0.39 is 5.97 Å². The van der Waals surface area contributed by atoms with Crippen molar-refractivity contribution in [1.29, 1.82) is 0 Å². The van der Waals surface area contributed by atoms with Crippen LogP contribution >= 0.6 is 11.3 Å². The summed E-state index contributed by atoms with van der Waals surface area (Å²) in [6.45, 7) is 2.31. The van der Waals surface area contributed by atoms with Gasteiger partial charge < -0.3 is 15.4 Å². The molecule has 2 aromatic rings. The normalized spacial score (nSPS) is 10.0. The molecule has 0 saturated heterocycles. The Morgan fingerprint density at radius 3 is 2.46 bits per heavy atom. The second kappa shape index (κ2) is 8.83. The van der Waals surface area contributed by atoms with Gasteiger partial charge in [-0.3, -0.25) is 9.59 Å².